The Kier molecular flexibility index (Phi) is 5.19. The van der Waals surface area contributed by atoms with E-state index in [-0.39, 0.29) is 11.7 Å². The molecule has 2 nitrogen and oxygen atoms in total. The van der Waals surface area contributed by atoms with Gasteiger partial charge in [0.15, 0.2) is 0 Å². The molecule has 1 aliphatic rings. The number of carbonyl (C=O) groups is 1. The first-order valence-electron chi connectivity index (χ1n) is 7.25. The number of amides is 1. The molecule has 0 aliphatic heterocycles. The van der Waals surface area contributed by atoms with Gasteiger partial charge in [0.1, 0.15) is 5.82 Å². The highest BCUT2D eigenvalue weighted by atomic mass is 79.9. The number of halogens is 2. The topological polar surface area (TPSA) is 20.3 Å². The minimum atomic E-state index is -0.329. The van der Waals surface area contributed by atoms with E-state index in [9.17, 15) is 9.18 Å². The smallest absolute Gasteiger partial charge is 0.255 e. The third kappa shape index (κ3) is 3.60. The number of benzene rings is 1. The third-order valence-corrected chi connectivity index (χ3v) is 4.41. The second kappa shape index (κ2) is 6.70. The lowest BCUT2D eigenvalue weighted by Gasteiger charge is -2.31. The van der Waals surface area contributed by atoms with Gasteiger partial charge in [0.2, 0.25) is 0 Å². The van der Waals surface area contributed by atoms with Crippen LogP contribution in [0.1, 0.15) is 49.9 Å². The van der Waals surface area contributed by atoms with Crippen LogP contribution in [0.2, 0.25) is 0 Å². The zero-order valence-electron chi connectivity index (χ0n) is 12.0. The number of carbonyl (C=O) groups excluding carboxylic acids is 1. The van der Waals surface area contributed by atoms with Crippen LogP contribution in [0.15, 0.2) is 22.7 Å². The standard InChI is InChI=1S/C16H21BrFNO/c1-11(2)10-19(13-5-3-4-6-13)16(20)14-8-7-12(18)9-15(14)17/h7-9,11,13H,3-6,10H2,1-2H3. The van der Waals surface area contributed by atoms with E-state index in [0.717, 1.165) is 19.4 Å². The number of rotatable bonds is 4. The predicted molar refractivity (Wildman–Crippen MR) is 82.2 cm³/mol. The van der Waals surface area contributed by atoms with Gasteiger partial charge in [0.05, 0.1) is 5.56 Å². The Labute approximate surface area is 128 Å². The van der Waals surface area contributed by atoms with Crippen LogP contribution >= 0.6 is 15.9 Å². The Morgan fingerprint density at radius 2 is 2.05 bits per heavy atom. The van der Waals surface area contributed by atoms with E-state index in [2.05, 4.69) is 29.8 Å². The van der Waals surface area contributed by atoms with Gasteiger partial charge < -0.3 is 4.90 Å². The first-order valence-corrected chi connectivity index (χ1v) is 8.04. The molecular weight excluding hydrogens is 321 g/mol. The molecule has 0 spiro atoms. The lowest BCUT2D eigenvalue weighted by atomic mass is 10.1. The Bertz CT molecular complexity index is 483. The summed E-state index contributed by atoms with van der Waals surface area (Å²) in [6, 6.07) is 4.61. The van der Waals surface area contributed by atoms with Crippen molar-refractivity contribution in [3.63, 3.8) is 0 Å². The lowest BCUT2D eigenvalue weighted by molar-refractivity contribution is 0.0654. The molecule has 4 heteroatoms. The zero-order valence-corrected chi connectivity index (χ0v) is 13.6. The average molecular weight is 342 g/mol. The molecule has 0 heterocycles. The Balaban J connectivity index is 2.24. The second-order valence-corrected chi connectivity index (χ2v) is 6.77. The quantitative estimate of drug-likeness (QED) is 0.781. The minimum absolute atomic E-state index is 0.0116. The molecule has 0 radical (unpaired) electrons. The summed E-state index contributed by atoms with van der Waals surface area (Å²) in [5.41, 5.74) is 0.555. The minimum Gasteiger partial charge on any atom is -0.335 e. The summed E-state index contributed by atoms with van der Waals surface area (Å²) in [5, 5.41) is 0. The van der Waals surface area contributed by atoms with E-state index in [1.54, 1.807) is 6.07 Å². The molecule has 1 fully saturated rings. The SMILES string of the molecule is CC(C)CN(C(=O)c1ccc(F)cc1Br)C1CCCC1. The van der Waals surface area contributed by atoms with E-state index in [4.69, 9.17) is 0 Å². The summed E-state index contributed by atoms with van der Waals surface area (Å²) in [7, 11) is 0. The molecule has 110 valence electrons. The average Bonchev–Trinajstić information content (AvgIpc) is 2.88. The van der Waals surface area contributed by atoms with Crippen molar-refractivity contribution >= 4 is 21.8 Å². The maximum absolute atomic E-state index is 13.2. The summed E-state index contributed by atoms with van der Waals surface area (Å²) < 4.78 is 13.7. The van der Waals surface area contributed by atoms with E-state index in [1.165, 1.54) is 25.0 Å². The van der Waals surface area contributed by atoms with Gasteiger partial charge in [-0.1, -0.05) is 26.7 Å². The number of hydrogen-bond donors (Lipinski definition) is 0. The Morgan fingerprint density at radius 3 is 2.60 bits per heavy atom. The molecule has 1 amide bonds. The molecule has 0 N–H and O–H groups in total. The van der Waals surface area contributed by atoms with Crippen LogP contribution in [-0.4, -0.2) is 23.4 Å². The normalized spacial score (nSPS) is 15.8. The fourth-order valence-corrected chi connectivity index (χ4v) is 3.35. The molecule has 1 aromatic rings. The van der Waals surface area contributed by atoms with Gasteiger partial charge in [-0.3, -0.25) is 4.79 Å². The maximum atomic E-state index is 13.2. The highest BCUT2D eigenvalue weighted by Crippen LogP contribution is 2.28. The first kappa shape index (κ1) is 15.5. The van der Waals surface area contributed by atoms with Crippen LogP contribution in [-0.2, 0) is 0 Å². The molecule has 0 saturated heterocycles. The summed E-state index contributed by atoms with van der Waals surface area (Å²) in [6.07, 6.45) is 4.54. The van der Waals surface area contributed by atoms with E-state index < -0.39 is 0 Å². The van der Waals surface area contributed by atoms with Crippen LogP contribution in [0.4, 0.5) is 4.39 Å². The fraction of sp³-hybridized carbons (Fsp3) is 0.562. The van der Waals surface area contributed by atoms with Crippen LogP contribution in [0.25, 0.3) is 0 Å². The Morgan fingerprint density at radius 1 is 1.40 bits per heavy atom. The fourth-order valence-electron chi connectivity index (χ4n) is 2.82. The van der Waals surface area contributed by atoms with Gasteiger partial charge in [-0.05, 0) is 52.9 Å². The Hall–Kier alpha value is -0.900. The molecule has 1 saturated carbocycles. The van der Waals surface area contributed by atoms with Gasteiger partial charge in [0.25, 0.3) is 5.91 Å². The highest BCUT2D eigenvalue weighted by Gasteiger charge is 2.28. The van der Waals surface area contributed by atoms with Crippen molar-refractivity contribution in [1.29, 1.82) is 0 Å². The number of nitrogens with zero attached hydrogens (tertiary/aromatic N) is 1. The molecule has 1 aromatic carbocycles. The molecule has 0 bridgehead atoms. The van der Waals surface area contributed by atoms with Crippen molar-refractivity contribution in [2.24, 2.45) is 5.92 Å². The lowest BCUT2D eigenvalue weighted by Crippen LogP contribution is -2.41. The van der Waals surface area contributed by atoms with Gasteiger partial charge in [-0.2, -0.15) is 0 Å². The van der Waals surface area contributed by atoms with Crippen LogP contribution in [0.3, 0.4) is 0 Å². The number of hydrogen-bond acceptors (Lipinski definition) is 1. The summed E-state index contributed by atoms with van der Waals surface area (Å²) in [4.78, 5) is 14.8. The summed E-state index contributed by atoms with van der Waals surface area (Å²) >= 11 is 3.30. The largest absolute Gasteiger partial charge is 0.335 e. The van der Waals surface area contributed by atoms with Gasteiger partial charge in [0, 0.05) is 17.1 Å². The second-order valence-electron chi connectivity index (χ2n) is 5.91. The molecule has 0 atom stereocenters. The molecule has 0 aromatic heterocycles. The van der Waals surface area contributed by atoms with E-state index in [1.807, 2.05) is 4.90 Å². The van der Waals surface area contributed by atoms with Crippen molar-refractivity contribution in [1.82, 2.24) is 4.90 Å². The highest BCUT2D eigenvalue weighted by molar-refractivity contribution is 9.10. The van der Waals surface area contributed by atoms with Crippen LogP contribution in [0.5, 0.6) is 0 Å². The monoisotopic (exact) mass is 341 g/mol. The maximum Gasteiger partial charge on any atom is 0.255 e. The molecule has 0 unspecified atom stereocenters. The molecule has 20 heavy (non-hydrogen) atoms. The van der Waals surface area contributed by atoms with E-state index >= 15 is 0 Å². The molecule has 2 rings (SSSR count). The summed E-state index contributed by atoms with van der Waals surface area (Å²) in [5.74, 6) is 0.112. The van der Waals surface area contributed by atoms with Crippen molar-refractivity contribution in [3.05, 3.63) is 34.1 Å². The van der Waals surface area contributed by atoms with Gasteiger partial charge in [-0.15, -0.1) is 0 Å². The van der Waals surface area contributed by atoms with Crippen LogP contribution in [0, 0.1) is 11.7 Å². The van der Waals surface area contributed by atoms with E-state index in [0.29, 0.717) is 22.0 Å². The van der Waals surface area contributed by atoms with Gasteiger partial charge in [-0.25, -0.2) is 4.39 Å². The van der Waals surface area contributed by atoms with Gasteiger partial charge >= 0.3 is 0 Å². The molecule has 1 aliphatic carbocycles. The summed E-state index contributed by atoms with van der Waals surface area (Å²) in [6.45, 7) is 5.00. The van der Waals surface area contributed by atoms with Crippen molar-refractivity contribution in [2.45, 2.75) is 45.6 Å². The zero-order chi connectivity index (χ0) is 14.7. The first-order chi connectivity index (χ1) is 9.49. The predicted octanol–water partition coefficient (Wildman–Crippen LogP) is 4.63. The van der Waals surface area contributed by atoms with Crippen molar-refractivity contribution in [2.75, 3.05) is 6.54 Å². The van der Waals surface area contributed by atoms with Crippen molar-refractivity contribution in [3.8, 4) is 0 Å². The van der Waals surface area contributed by atoms with Crippen molar-refractivity contribution < 1.29 is 9.18 Å². The van der Waals surface area contributed by atoms with Crippen LogP contribution < -0.4 is 0 Å². The third-order valence-electron chi connectivity index (χ3n) is 3.75. The molecular formula is C16H21BrFNO.